The Hall–Kier alpha value is -1.80. The van der Waals surface area contributed by atoms with E-state index in [-0.39, 0.29) is 0 Å². The molecule has 0 saturated carbocycles. The van der Waals surface area contributed by atoms with Gasteiger partial charge in [0.1, 0.15) is 0 Å². The van der Waals surface area contributed by atoms with Gasteiger partial charge in [-0.3, -0.25) is 0 Å². The van der Waals surface area contributed by atoms with Crippen molar-refractivity contribution in [3.63, 3.8) is 0 Å². The lowest BCUT2D eigenvalue weighted by atomic mass is 10.0. The maximum atomic E-state index is 3.64. The number of hydrogen-bond acceptors (Lipinski definition) is 1. The van der Waals surface area contributed by atoms with Gasteiger partial charge in [-0.1, -0.05) is 42.5 Å². The topological polar surface area (TPSA) is 3.24 Å². The molecule has 2 heteroatoms. The lowest BCUT2D eigenvalue weighted by Crippen LogP contribution is -2.09. The van der Waals surface area contributed by atoms with Crippen molar-refractivity contribution in [3.8, 4) is 0 Å². The van der Waals surface area contributed by atoms with Crippen LogP contribution in [-0.4, -0.2) is 14.1 Å². The van der Waals surface area contributed by atoms with Crippen molar-refractivity contribution in [1.82, 2.24) is 0 Å². The standard InChI is InChI=1S/C18H16BrN/c1-20(2)18-10-7-13(12-17(18)19)11-15-9-8-14-5-3-4-6-16(14)15/h3-12H,1-2H3/b15-11-. The van der Waals surface area contributed by atoms with Crippen LogP contribution in [0.4, 0.5) is 5.69 Å². The molecule has 0 aliphatic heterocycles. The van der Waals surface area contributed by atoms with Gasteiger partial charge in [-0.2, -0.15) is 0 Å². The first kappa shape index (κ1) is 13.2. The molecule has 0 spiro atoms. The Labute approximate surface area is 128 Å². The van der Waals surface area contributed by atoms with Crippen molar-refractivity contribution < 1.29 is 0 Å². The summed E-state index contributed by atoms with van der Waals surface area (Å²) in [5.41, 5.74) is 6.27. The summed E-state index contributed by atoms with van der Waals surface area (Å²) < 4.78 is 1.12. The van der Waals surface area contributed by atoms with Crippen molar-refractivity contribution in [2.75, 3.05) is 19.0 Å². The van der Waals surface area contributed by atoms with Crippen LogP contribution in [0.3, 0.4) is 0 Å². The van der Waals surface area contributed by atoms with Crippen molar-refractivity contribution >= 4 is 39.3 Å². The number of rotatable bonds is 2. The number of halogens is 1. The highest BCUT2D eigenvalue weighted by atomic mass is 79.9. The minimum atomic E-state index is 1.12. The van der Waals surface area contributed by atoms with E-state index in [1.807, 2.05) is 14.1 Å². The van der Waals surface area contributed by atoms with Gasteiger partial charge in [0.05, 0.1) is 5.69 Å². The second-order valence-electron chi connectivity index (χ2n) is 5.13. The summed E-state index contributed by atoms with van der Waals surface area (Å²) in [4.78, 5) is 2.10. The molecule has 1 nitrogen and oxygen atoms in total. The normalized spacial score (nSPS) is 14.7. The molecule has 0 heterocycles. The zero-order chi connectivity index (χ0) is 14.1. The van der Waals surface area contributed by atoms with Crippen LogP contribution < -0.4 is 4.90 Å². The first-order valence-corrected chi connectivity index (χ1v) is 7.40. The van der Waals surface area contributed by atoms with Gasteiger partial charge in [-0.15, -0.1) is 0 Å². The summed E-state index contributed by atoms with van der Waals surface area (Å²) >= 11 is 3.64. The zero-order valence-electron chi connectivity index (χ0n) is 11.6. The molecule has 0 fully saturated rings. The lowest BCUT2D eigenvalue weighted by Gasteiger charge is -2.14. The second kappa shape index (κ2) is 5.29. The third-order valence-electron chi connectivity index (χ3n) is 3.49. The summed E-state index contributed by atoms with van der Waals surface area (Å²) in [7, 11) is 4.10. The van der Waals surface area contributed by atoms with Crippen LogP contribution in [0.25, 0.3) is 17.7 Å². The van der Waals surface area contributed by atoms with E-state index in [2.05, 4.69) is 81.5 Å². The molecule has 1 aliphatic rings. The highest BCUT2D eigenvalue weighted by Crippen LogP contribution is 2.32. The summed E-state index contributed by atoms with van der Waals surface area (Å²) in [6.45, 7) is 0. The van der Waals surface area contributed by atoms with Crippen LogP contribution in [-0.2, 0) is 0 Å². The number of allylic oxidation sites excluding steroid dienone is 2. The molecule has 0 saturated heterocycles. The molecule has 20 heavy (non-hydrogen) atoms. The first-order valence-electron chi connectivity index (χ1n) is 6.61. The lowest BCUT2D eigenvalue weighted by molar-refractivity contribution is 1.12. The summed E-state index contributed by atoms with van der Waals surface area (Å²) in [5.74, 6) is 0. The van der Waals surface area contributed by atoms with Gasteiger partial charge in [0.25, 0.3) is 0 Å². The number of hydrogen-bond donors (Lipinski definition) is 0. The quantitative estimate of drug-likeness (QED) is 0.744. The van der Waals surface area contributed by atoms with Crippen LogP contribution in [0.15, 0.2) is 53.0 Å². The van der Waals surface area contributed by atoms with Gasteiger partial charge in [-0.05, 0) is 56.4 Å². The van der Waals surface area contributed by atoms with Crippen molar-refractivity contribution in [3.05, 3.63) is 69.7 Å². The Morgan fingerprint density at radius 1 is 1.00 bits per heavy atom. The molecular weight excluding hydrogens is 310 g/mol. The van der Waals surface area contributed by atoms with E-state index in [0.717, 1.165) is 4.47 Å². The monoisotopic (exact) mass is 325 g/mol. The fraction of sp³-hybridized carbons (Fsp3) is 0.111. The van der Waals surface area contributed by atoms with Gasteiger partial charge < -0.3 is 4.90 Å². The van der Waals surface area contributed by atoms with Crippen molar-refractivity contribution in [2.45, 2.75) is 0 Å². The van der Waals surface area contributed by atoms with Crippen molar-refractivity contribution in [2.24, 2.45) is 0 Å². The fourth-order valence-electron chi connectivity index (χ4n) is 2.46. The molecule has 2 aromatic carbocycles. The van der Waals surface area contributed by atoms with Gasteiger partial charge >= 0.3 is 0 Å². The van der Waals surface area contributed by atoms with E-state index in [9.17, 15) is 0 Å². The van der Waals surface area contributed by atoms with E-state index in [1.54, 1.807) is 0 Å². The Kier molecular flexibility index (Phi) is 3.49. The molecule has 3 rings (SSSR count). The summed E-state index contributed by atoms with van der Waals surface area (Å²) in [6.07, 6.45) is 6.58. The van der Waals surface area contributed by atoms with Crippen LogP contribution >= 0.6 is 15.9 Å². The molecule has 0 N–H and O–H groups in total. The minimum Gasteiger partial charge on any atom is -0.377 e. The Morgan fingerprint density at radius 2 is 1.80 bits per heavy atom. The smallest absolute Gasteiger partial charge is 0.0505 e. The SMILES string of the molecule is CN(C)c1ccc(/C=C2/C=Cc3ccccc32)cc1Br. The predicted octanol–water partition coefficient (Wildman–Crippen LogP) is 5.08. The predicted molar refractivity (Wildman–Crippen MR) is 91.8 cm³/mol. The molecule has 1 aliphatic carbocycles. The highest BCUT2D eigenvalue weighted by molar-refractivity contribution is 9.10. The zero-order valence-corrected chi connectivity index (χ0v) is 13.2. The number of fused-ring (bicyclic) bond motifs is 1. The Balaban J connectivity index is 1.98. The summed E-state index contributed by atoms with van der Waals surface area (Å²) in [5, 5.41) is 0. The number of nitrogens with zero attached hydrogens (tertiary/aromatic N) is 1. The third-order valence-corrected chi connectivity index (χ3v) is 4.13. The van der Waals surface area contributed by atoms with E-state index < -0.39 is 0 Å². The maximum Gasteiger partial charge on any atom is 0.0505 e. The molecule has 2 aromatic rings. The van der Waals surface area contributed by atoms with E-state index >= 15 is 0 Å². The molecular formula is C18H16BrN. The van der Waals surface area contributed by atoms with E-state index in [4.69, 9.17) is 0 Å². The molecule has 0 atom stereocenters. The van der Waals surface area contributed by atoms with Crippen LogP contribution in [0.5, 0.6) is 0 Å². The molecule has 0 bridgehead atoms. The van der Waals surface area contributed by atoms with Crippen LogP contribution in [0.2, 0.25) is 0 Å². The average molecular weight is 326 g/mol. The molecule has 0 amide bonds. The van der Waals surface area contributed by atoms with Gasteiger partial charge in [0.2, 0.25) is 0 Å². The van der Waals surface area contributed by atoms with Gasteiger partial charge in [0.15, 0.2) is 0 Å². The third kappa shape index (κ3) is 2.44. The van der Waals surface area contributed by atoms with Crippen molar-refractivity contribution in [1.29, 1.82) is 0 Å². The Morgan fingerprint density at radius 3 is 2.55 bits per heavy atom. The number of benzene rings is 2. The maximum absolute atomic E-state index is 3.64. The fourth-order valence-corrected chi connectivity index (χ4v) is 3.21. The molecule has 100 valence electrons. The van der Waals surface area contributed by atoms with Crippen LogP contribution in [0.1, 0.15) is 16.7 Å². The molecule has 0 unspecified atom stereocenters. The van der Waals surface area contributed by atoms with E-state index in [0.29, 0.717) is 0 Å². The van der Waals surface area contributed by atoms with E-state index in [1.165, 1.54) is 28.0 Å². The minimum absolute atomic E-state index is 1.12. The Bertz CT molecular complexity index is 711. The van der Waals surface area contributed by atoms with Gasteiger partial charge in [-0.25, -0.2) is 0 Å². The largest absolute Gasteiger partial charge is 0.377 e. The second-order valence-corrected chi connectivity index (χ2v) is 5.98. The molecule has 0 radical (unpaired) electrons. The highest BCUT2D eigenvalue weighted by Gasteiger charge is 2.09. The average Bonchev–Trinajstić information content (AvgIpc) is 2.82. The first-order chi connectivity index (χ1) is 9.65. The number of anilines is 1. The molecule has 0 aromatic heterocycles. The summed E-state index contributed by atoms with van der Waals surface area (Å²) in [6, 6.07) is 14.9. The van der Waals surface area contributed by atoms with Crippen LogP contribution in [0, 0.1) is 0 Å². The van der Waals surface area contributed by atoms with Gasteiger partial charge in [0, 0.05) is 18.6 Å².